The molecule has 1 amide bonds. The molecule has 8 nitrogen and oxygen atoms in total. The second kappa shape index (κ2) is 8.26. The van der Waals surface area contributed by atoms with Crippen molar-refractivity contribution in [3.63, 3.8) is 0 Å². The van der Waals surface area contributed by atoms with E-state index in [0.717, 1.165) is 48.8 Å². The van der Waals surface area contributed by atoms with Gasteiger partial charge in [-0.1, -0.05) is 13.8 Å². The lowest BCUT2D eigenvalue weighted by Gasteiger charge is -2.28. The van der Waals surface area contributed by atoms with Crippen molar-refractivity contribution in [1.29, 1.82) is 0 Å². The molecule has 28 heavy (non-hydrogen) atoms. The van der Waals surface area contributed by atoms with E-state index in [-0.39, 0.29) is 5.91 Å². The van der Waals surface area contributed by atoms with Crippen LogP contribution in [-0.4, -0.2) is 63.4 Å². The Morgan fingerprint density at radius 3 is 2.93 bits per heavy atom. The van der Waals surface area contributed by atoms with Crippen molar-refractivity contribution in [2.24, 2.45) is 5.92 Å². The summed E-state index contributed by atoms with van der Waals surface area (Å²) in [6.07, 6.45) is 5.43. The minimum atomic E-state index is 0.0792. The third-order valence-electron chi connectivity index (χ3n) is 5.47. The van der Waals surface area contributed by atoms with Crippen LogP contribution in [0.25, 0.3) is 0 Å². The lowest BCUT2D eigenvalue weighted by atomic mass is 9.94. The first-order valence-electron chi connectivity index (χ1n) is 10.1. The number of carbonyl (C=O) groups excluding carboxylic acids is 1. The number of nitrogens with zero attached hydrogens (tertiary/aromatic N) is 5. The fourth-order valence-electron chi connectivity index (χ4n) is 3.79. The Bertz CT molecular complexity index is 828. The highest BCUT2D eigenvalue weighted by Gasteiger charge is 2.28. The van der Waals surface area contributed by atoms with Crippen molar-refractivity contribution < 1.29 is 9.53 Å². The molecule has 150 valence electrons. The van der Waals surface area contributed by atoms with Gasteiger partial charge in [-0.25, -0.2) is 9.97 Å². The molecule has 1 N–H and O–H groups in total. The smallest absolute Gasteiger partial charge is 0.257 e. The number of amides is 1. The molecule has 0 unspecified atom stereocenters. The Morgan fingerprint density at radius 1 is 1.32 bits per heavy atom. The van der Waals surface area contributed by atoms with Gasteiger partial charge in [0.1, 0.15) is 11.6 Å². The largest absolute Gasteiger partial charge is 0.378 e. The second-order valence-corrected chi connectivity index (χ2v) is 7.83. The van der Waals surface area contributed by atoms with Crippen LogP contribution in [0.1, 0.15) is 48.1 Å². The Labute approximate surface area is 165 Å². The van der Waals surface area contributed by atoms with E-state index in [9.17, 15) is 4.79 Å². The molecule has 2 aromatic rings. The van der Waals surface area contributed by atoms with Gasteiger partial charge in [-0.3, -0.25) is 9.48 Å². The fourth-order valence-corrected chi connectivity index (χ4v) is 3.79. The summed E-state index contributed by atoms with van der Waals surface area (Å²) in [6, 6.07) is 1.91. The van der Waals surface area contributed by atoms with Crippen LogP contribution in [-0.2, 0) is 17.7 Å². The Morgan fingerprint density at radius 2 is 2.14 bits per heavy atom. The van der Waals surface area contributed by atoms with Crippen molar-refractivity contribution in [2.75, 3.05) is 38.2 Å². The number of carbonyl (C=O) groups is 1. The van der Waals surface area contributed by atoms with E-state index < -0.39 is 0 Å². The molecule has 4 rings (SSSR count). The van der Waals surface area contributed by atoms with Gasteiger partial charge in [-0.15, -0.1) is 0 Å². The summed E-state index contributed by atoms with van der Waals surface area (Å²) in [5, 5.41) is 7.91. The van der Waals surface area contributed by atoms with Crippen LogP contribution in [0.15, 0.2) is 18.5 Å². The summed E-state index contributed by atoms with van der Waals surface area (Å²) in [5.41, 5.74) is 1.80. The number of aryl methyl sites for hydroxylation is 1. The van der Waals surface area contributed by atoms with Crippen LogP contribution in [0.4, 0.5) is 5.82 Å². The van der Waals surface area contributed by atoms with Crippen LogP contribution in [0.5, 0.6) is 0 Å². The molecule has 4 heterocycles. The molecule has 0 radical (unpaired) electrons. The monoisotopic (exact) mass is 384 g/mol. The highest BCUT2D eigenvalue weighted by atomic mass is 16.5. The second-order valence-electron chi connectivity index (χ2n) is 7.83. The molecule has 1 atom stereocenters. The molecule has 0 aliphatic carbocycles. The van der Waals surface area contributed by atoms with E-state index in [2.05, 4.69) is 34.2 Å². The van der Waals surface area contributed by atoms with Gasteiger partial charge in [0.05, 0.1) is 30.7 Å². The van der Waals surface area contributed by atoms with Crippen molar-refractivity contribution in [3.05, 3.63) is 35.5 Å². The Kier molecular flexibility index (Phi) is 5.57. The molecular weight excluding hydrogens is 356 g/mol. The first kappa shape index (κ1) is 18.9. The Balaban J connectivity index is 1.41. The standard InChI is InChI=1S/C20H28N6O2/c1-14(2)19-21-5-3-18(24-19)22-12-15-4-6-26-17(11-15)16(13-23-26)20(27)25-7-9-28-10-8-25/h3,5,13-15H,4,6-12H2,1-2H3,(H,21,22,24)/t15-/m1/s1. The maximum Gasteiger partial charge on any atom is 0.257 e. The summed E-state index contributed by atoms with van der Waals surface area (Å²) in [5.74, 6) is 2.54. The third kappa shape index (κ3) is 4.01. The van der Waals surface area contributed by atoms with Crippen LogP contribution in [0.3, 0.4) is 0 Å². The summed E-state index contributed by atoms with van der Waals surface area (Å²) in [6.45, 7) is 8.38. The van der Waals surface area contributed by atoms with Crippen LogP contribution in [0, 0.1) is 5.92 Å². The first-order chi connectivity index (χ1) is 13.6. The van der Waals surface area contributed by atoms with Crippen molar-refractivity contribution >= 4 is 11.7 Å². The zero-order valence-corrected chi connectivity index (χ0v) is 16.6. The molecule has 0 bridgehead atoms. The number of hydrogen-bond donors (Lipinski definition) is 1. The van der Waals surface area contributed by atoms with Crippen molar-refractivity contribution in [1.82, 2.24) is 24.6 Å². The molecule has 0 saturated carbocycles. The molecule has 2 aliphatic heterocycles. The third-order valence-corrected chi connectivity index (χ3v) is 5.47. The predicted octanol–water partition coefficient (Wildman–Crippen LogP) is 1.94. The molecule has 1 saturated heterocycles. The zero-order chi connectivity index (χ0) is 19.5. The van der Waals surface area contributed by atoms with Gasteiger partial charge in [0.25, 0.3) is 5.91 Å². The average molecular weight is 384 g/mol. The number of morpholine rings is 1. The van der Waals surface area contributed by atoms with E-state index in [1.807, 2.05) is 15.6 Å². The molecule has 0 aromatic carbocycles. The SMILES string of the molecule is CC(C)c1nccc(NC[C@@H]2CCn3ncc(C(=O)N4CCOCC4)c3C2)n1. The van der Waals surface area contributed by atoms with Crippen molar-refractivity contribution in [3.8, 4) is 0 Å². The van der Waals surface area contributed by atoms with E-state index in [0.29, 0.717) is 38.1 Å². The van der Waals surface area contributed by atoms with Gasteiger partial charge in [0.15, 0.2) is 0 Å². The Hall–Kier alpha value is -2.48. The predicted molar refractivity (Wildman–Crippen MR) is 105 cm³/mol. The summed E-state index contributed by atoms with van der Waals surface area (Å²) < 4.78 is 7.35. The van der Waals surface area contributed by atoms with Gasteiger partial charge in [0, 0.05) is 38.3 Å². The number of ether oxygens (including phenoxy) is 1. The highest BCUT2D eigenvalue weighted by Crippen LogP contribution is 2.24. The number of fused-ring (bicyclic) bond motifs is 1. The van der Waals surface area contributed by atoms with E-state index >= 15 is 0 Å². The number of hydrogen-bond acceptors (Lipinski definition) is 6. The fraction of sp³-hybridized carbons (Fsp3) is 0.600. The molecule has 2 aliphatic rings. The van der Waals surface area contributed by atoms with E-state index in [1.54, 1.807) is 12.4 Å². The van der Waals surface area contributed by atoms with Crippen LogP contribution < -0.4 is 5.32 Å². The molecular formula is C20H28N6O2. The van der Waals surface area contributed by atoms with Gasteiger partial charge in [-0.05, 0) is 24.8 Å². The maximum atomic E-state index is 12.9. The molecule has 0 spiro atoms. The van der Waals surface area contributed by atoms with E-state index in [1.165, 1.54) is 0 Å². The number of anilines is 1. The zero-order valence-electron chi connectivity index (χ0n) is 16.6. The summed E-state index contributed by atoms with van der Waals surface area (Å²) in [4.78, 5) is 23.7. The van der Waals surface area contributed by atoms with Crippen LogP contribution in [0.2, 0.25) is 0 Å². The van der Waals surface area contributed by atoms with Gasteiger partial charge >= 0.3 is 0 Å². The molecule has 8 heteroatoms. The number of nitrogens with one attached hydrogen (secondary N) is 1. The maximum absolute atomic E-state index is 12.9. The van der Waals surface area contributed by atoms with E-state index in [4.69, 9.17) is 4.74 Å². The minimum absolute atomic E-state index is 0.0792. The minimum Gasteiger partial charge on any atom is -0.378 e. The summed E-state index contributed by atoms with van der Waals surface area (Å²) in [7, 11) is 0. The average Bonchev–Trinajstić information content (AvgIpc) is 3.16. The number of aromatic nitrogens is 4. The lowest BCUT2D eigenvalue weighted by molar-refractivity contribution is 0.0301. The van der Waals surface area contributed by atoms with Crippen LogP contribution >= 0.6 is 0 Å². The number of rotatable bonds is 5. The van der Waals surface area contributed by atoms with Gasteiger partial charge < -0.3 is 15.0 Å². The topological polar surface area (TPSA) is 85.2 Å². The van der Waals surface area contributed by atoms with Crippen molar-refractivity contribution in [2.45, 2.75) is 39.2 Å². The quantitative estimate of drug-likeness (QED) is 0.848. The lowest BCUT2D eigenvalue weighted by Crippen LogP contribution is -2.41. The van der Waals surface area contributed by atoms with Gasteiger partial charge in [0.2, 0.25) is 0 Å². The normalized spacial score (nSPS) is 19.5. The highest BCUT2D eigenvalue weighted by molar-refractivity contribution is 5.95. The first-order valence-corrected chi connectivity index (χ1v) is 10.1. The molecule has 1 fully saturated rings. The van der Waals surface area contributed by atoms with Gasteiger partial charge in [-0.2, -0.15) is 5.10 Å². The summed E-state index contributed by atoms with van der Waals surface area (Å²) >= 11 is 0. The molecule has 2 aromatic heterocycles.